The standard InChI is InChI=1S/C16H22N2O3/c1-13-6-3-4-7-14(13)16(20)18-9-5-8-17(10-11-18)15(19)12-21-2/h3-4,6-7H,5,8-12H2,1-2H3. The van der Waals surface area contributed by atoms with Gasteiger partial charge in [-0.05, 0) is 25.0 Å². The number of carbonyl (C=O) groups excluding carboxylic acids is 2. The molecule has 0 N–H and O–H groups in total. The zero-order valence-corrected chi connectivity index (χ0v) is 12.7. The van der Waals surface area contributed by atoms with Gasteiger partial charge in [0.2, 0.25) is 5.91 Å². The molecule has 0 aliphatic carbocycles. The van der Waals surface area contributed by atoms with E-state index < -0.39 is 0 Å². The number of carbonyl (C=O) groups is 2. The molecule has 2 amide bonds. The number of benzene rings is 1. The molecule has 114 valence electrons. The topological polar surface area (TPSA) is 49.9 Å². The monoisotopic (exact) mass is 290 g/mol. The molecule has 5 nitrogen and oxygen atoms in total. The first-order valence-corrected chi connectivity index (χ1v) is 7.25. The Bertz CT molecular complexity index is 516. The Morgan fingerprint density at radius 2 is 1.76 bits per heavy atom. The number of hydrogen-bond acceptors (Lipinski definition) is 3. The smallest absolute Gasteiger partial charge is 0.254 e. The molecule has 21 heavy (non-hydrogen) atoms. The van der Waals surface area contributed by atoms with Crippen molar-refractivity contribution in [2.75, 3.05) is 39.9 Å². The number of methoxy groups -OCH3 is 1. The van der Waals surface area contributed by atoms with Gasteiger partial charge >= 0.3 is 0 Å². The summed E-state index contributed by atoms with van der Waals surface area (Å²) in [4.78, 5) is 28.0. The van der Waals surface area contributed by atoms with Crippen LogP contribution in [0, 0.1) is 6.92 Å². The summed E-state index contributed by atoms with van der Waals surface area (Å²) < 4.78 is 4.89. The minimum Gasteiger partial charge on any atom is -0.375 e. The fraction of sp³-hybridized carbons (Fsp3) is 0.500. The fourth-order valence-corrected chi connectivity index (χ4v) is 2.57. The second kappa shape index (κ2) is 7.22. The minimum absolute atomic E-state index is 0.0114. The Kier molecular flexibility index (Phi) is 5.33. The van der Waals surface area contributed by atoms with Crippen molar-refractivity contribution in [1.29, 1.82) is 0 Å². The molecule has 1 aromatic rings. The largest absolute Gasteiger partial charge is 0.375 e. The van der Waals surface area contributed by atoms with Gasteiger partial charge in [-0.25, -0.2) is 0 Å². The highest BCUT2D eigenvalue weighted by molar-refractivity contribution is 5.95. The van der Waals surface area contributed by atoms with Crippen LogP contribution in [-0.4, -0.2) is 61.5 Å². The summed E-state index contributed by atoms with van der Waals surface area (Å²) in [6, 6.07) is 7.61. The molecule has 1 fully saturated rings. The number of aryl methyl sites for hydroxylation is 1. The molecule has 1 saturated heterocycles. The van der Waals surface area contributed by atoms with E-state index in [-0.39, 0.29) is 18.4 Å². The first-order chi connectivity index (χ1) is 10.1. The molecule has 0 atom stereocenters. The van der Waals surface area contributed by atoms with E-state index in [2.05, 4.69) is 0 Å². The van der Waals surface area contributed by atoms with Crippen molar-refractivity contribution in [2.45, 2.75) is 13.3 Å². The highest BCUT2D eigenvalue weighted by Gasteiger charge is 2.23. The first-order valence-electron chi connectivity index (χ1n) is 7.25. The van der Waals surface area contributed by atoms with Crippen LogP contribution in [-0.2, 0) is 9.53 Å². The zero-order chi connectivity index (χ0) is 15.2. The lowest BCUT2D eigenvalue weighted by atomic mass is 10.1. The van der Waals surface area contributed by atoms with Crippen molar-refractivity contribution in [3.8, 4) is 0 Å². The molecule has 0 radical (unpaired) electrons. The fourth-order valence-electron chi connectivity index (χ4n) is 2.57. The van der Waals surface area contributed by atoms with E-state index in [4.69, 9.17) is 4.74 Å². The number of nitrogens with zero attached hydrogens (tertiary/aromatic N) is 2. The molecule has 0 unspecified atom stereocenters. The van der Waals surface area contributed by atoms with Gasteiger partial charge in [0.1, 0.15) is 6.61 Å². The van der Waals surface area contributed by atoms with Crippen LogP contribution in [0.4, 0.5) is 0 Å². The normalized spacial score (nSPS) is 15.7. The number of rotatable bonds is 3. The van der Waals surface area contributed by atoms with E-state index in [9.17, 15) is 9.59 Å². The van der Waals surface area contributed by atoms with Crippen molar-refractivity contribution in [3.05, 3.63) is 35.4 Å². The molecule has 1 aliphatic rings. The van der Waals surface area contributed by atoms with Gasteiger partial charge in [-0.15, -0.1) is 0 Å². The summed E-state index contributed by atoms with van der Waals surface area (Å²) in [5.74, 6) is 0.0387. The molecule has 1 aromatic carbocycles. The van der Waals surface area contributed by atoms with Crippen molar-refractivity contribution in [2.24, 2.45) is 0 Å². The van der Waals surface area contributed by atoms with Crippen LogP contribution in [0.2, 0.25) is 0 Å². The predicted molar refractivity (Wildman–Crippen MR) is 80.2 cm³/mol. The third-order valence-electron chi connectivity index (χ3n) is 3.78. The van der Waals surface area contributed by atoms with Crippen LogP contribution >= 0.6 is 0 Å². The minimum atomic E-state index is -0.0114. The summed E-state index contributed by atoms with van der Waals surface area (Å²) in [5, 5.41) is 0. The average molecular weight is 290 g/mol. The van der Waals surface area contributed by atoms with Gasteiger partial charge in [0.15, 0.2) is 0 Å². The van der Waals surface area contributed by atoms with Crippen LogP contribution in [0.3, 0.4) is 0 Å². The quantitative estimate of drug-likeness (QED) is 0.843. The molecule has 1 heterocycles. The third kappa shape index (κ3) is 3.82. The van der Waals surface area contributed by atoms with E-state index in [1.807, 2.05) is 36.1 Å². The zero-order valence-electron chi connectivity index (χ0n) is 12.7. The van der Waals surface area contributed by atoms with Gasteiger partial charge in [0.25, 0.3) is 5.91 Å². The Balaban J connectivity index is 2.01. The third-order valence-corrected chi connectivity index (χ3v) is 3.78. The lowest BCUT2D eigenvalue weighted by Gasteiger charge is -2.22. The Morgan fingerprint density at radius 1 is 1.10 bits per heavy atom. The molecular formula is C16H22N2O3. The number of hydrogen-bond donors (Lipinski definition) is 0. The molecule has 0 spiro atoms. The highest BCUT2D eigenvalue weighted by atomic mass is 16.5. The first kappa shape index (κ1) is 15.5. The molecule has 5 heteroatoms. The molecular weight excluding hydrogens is 268 g/mol. The maximum Gasteiger partial charge on any atom is 0.254 e. The Hall–Kier alpha value is -1.88. The highest BCUT2D eigenvalue weighted by Crippen LogP contribution is 2.13. The summed E-state index contributed by atoms with van der Waals surface area (Å²) in [7, 11) is 1.52. The lowest BCUT2D eigenvalue weighted by Crippen LogP contribution is -2.38. The summed E-state index contributed by atoms with van der Waals surface area (Å²) in [6.07, 6.45) is 0.799. The van der Waals surface area contributed by atoms with E-state index in [0.717, 1.165) is 17.5 Å². The van der Waals surface area contributed by atoms with Crippen LogP contribution in [0.15, 0.2) is 24.3 Å². The van der Waals surface area contributed by atoms with E-state index in [0.29, 0.717) is 26.2 Å². The van der Waals surface area contributed by atoms with Gasteiger partial charge in [-0.1, -0.05) is 18.2 Å². The van der Waals surface area contributed by atoms with Crippen LogP contribution in [0.1, 0.15) is 22.3 Å². The Morgan fingerprint density at radius 3 is 2.48 bits per heavy atom. The van der Waals surface area contributed by atoms with Gasteiger partial charge in [-0.2, -0.15) is 0 Å². The van der Waals surface area contributed by atoms with Crippen molar-refractivity contribution in [1.82, 2.24) is 9.80 Å². The van der Waals surface area contributed by atoms with Crippen molar-refractivity contribution in [3.63, 3.8) is 0 Å². The summed E-state index contributed by atoms with van der Waals surface area (Å²) in [5.41, 5.74) is 1.73. The maximum absolute atomic E-state index is 12.6. The van der Waals surface area contributed by atoms with E-state index in [1.54, 1.807) is 4.90 Å². The average Bonchev–Trinajstić information content (AvgIpc) is 2.73. The van der Waals surface area contributed by atoms with Crippen LogP contribution in [0.25, 0.3) is 0 Å². The molecule has 0 bridgehead atoms. The Labute approximate surface area is 125 Å². The van der Waals surface area contributed by atoms with Crippen molar-refractivity contribution < 1.29 is 14.3 Å². The molecule has 1 aliphatic heterocycles. The maximum atomic E-state index is 12.6. The molecule has 2 rings (SSSR count). The molecule has 0 saturated carbocycles. The van der Waals surface area contributed by atoms with E-state index in [1.165, 1.54) is 7.11 Å². The van der Waals surface area contributed by atoms with E-state index >= 15 is 0 Å². The van der Waals surface area contributed by atoms with Gasteiger partial charge in [0.05, 0.1) is 0 Å². The summed E-state index contributed by atoms with van der Waals surface area (Å²) in [6.45, 7) is 4.55. The van der Waals surface area contributed by atoms with Gasteiger partial charge in [-0.3, -0.25) is 9.59 Å². The van der Waals surface area contributed by atoms with Crippen molar-refractivity contribution >= 4 is 11.8 Å². The summed E-state index contributed by atoms with van der Waals surface area (Å²) >= 11 is 0. The van der Waals surface area contributed by atoms with Gasteiger partial charge < -0.3 is 14.5 Å². The molecule has 0 aromatic heterocycles. The van der Waals surface area contributed by atoms with Crippen LogP contribution in [0.5, 0.6) is 0 Å². The lowest BCUT2D eigenvalue weighted by molar-refractivity contribution is -0.135. The van der Waals surface area contributed by atoms with Crippen LogP contribution < -0.4 is 0 Å². The van der Waals surface area contributed by atoms with Gasteiger partial charge in [0, 0.05) is 38.9 Å². The predicted octanol–water partition coefficient (Wildman–Crippen LogP) is 1.32. The SMILES string of the molecule is COCC(=O)N1CCCN(C(=O)c2ccccc2C)CC1. The number of ether oxygens (including phenoxy) is 1. The number of amides is 2. The second-order valence-electron chi connectivity index (χ2n) is 5.27. The second-order valence-corrected chi connectivity index (χ2v) is 5.27.